The molecule has 2 N–H and O–H groups in total. The molecular formula is C14H14BrN3O3. The average molecular weight is 352 g/mol. The summed E-state index contributed by atoms with van der Waals surface area (Å²) in [5, 5.41) is 8.85. The van der Waals surface area contributed by atoms with Gasteiger partial charge < -0.3 is 15.2 Å². The van der Waals surface area contributed by atoms with Gasteiger partial charge in [0.1, 0.15) is 11.8 Å². The van der Waals surface area contributed by atoms with Crippen molar-refractivity contribution < 1.29 is 14.1 Å². The summed E-state index contributed by atoms with van der Waals surface area (Å²) < 4.78 is 5.52. The number of hydrogen-bond donors (Lipinski definition) is 2. The molecule has 1 aromatic carbocycles. The zero-order valence-corrected chi connectivity index (χ0v) is 13.1. The lowest BCUT2D eigenvalue weighted by Crippen LogP contribution is -2.41. The Balaban J connectivity index is 1.97. The van der Waals surface area contributed by atoms with E-state index < -0.39 is 6.04 Å². The van der Waals surface area contributed by atoms with Gasteiger partial charge in [-0.1, -0.05) is 17.3 Å². The molecule has 1 aromatic heterocycles. The minimum atomic E-state index is -0.707. The van der Waals surface area contributed by atoms with Crippen molar-refractivity contribution in [2.75, 3.05) is 5.32 Å². The number of rotatable bonds is 4. The molecule has 110 valence electrons. The number of nitrogens with one attached hydrogen (secondary N) is 2. The monoisotopic (exact) mass is 351 g/mol. The van der Waals surface area contributed by atoms with Gasteiger partial charge in [-0.15, -0.1) is 0 Å². The molecule has 0 fully saturated rings. The van der Waals surface area contributed by atoms with E-state index in [4.69, 9.17) is 4.52 Å². The van der Waals surface area contributed by atoms with Crippen molar-refractivity contribution >= 4 is 33.6 Å². The summed E-state index contributed by atoms with van der Waals surface area (Å²) in [5.41, 5.74) is 0.467. The van der Waals surface area contributed by atoms with Gasteiger partial charge in [0.2, 0.25) is 5.91 Å². The van der Waals surface area contributed by atoms with Crippen LogP contribution in [0.5, 0.6) is 0 Å². The molecule has 2 aromatic rings. The molecule has 0 radical (unpaired) electrons. The van der Waals surface area contributed by atoms with E-state index in [1.807, 2.05) is 6.07 Å². The maximum Gasteiger partial charge on any atom is 0.253 e. The van der Waals surface area contributed by atoms with E-state index >= 15 is 0 Å². The number of carbonyl (C=O) groups excluding carboxylic acids is 2. The molecule has 6 nitrogen and oxygen atoms in total. The summed E-state index contributed by atoms with van der Waals surface area (Å²) in [5.74, 6) is 0.208. The molecule has 0 aliphatic carbocycles. The van der Waals surface area contributed by atoms with Crippen LogP contribution in [0.25, 0.3) is 0 Å². The van der Waals surface area contributed by atoms with Gasteiger partial charge in [-0.05, 0) is 41.9 Å². The van der Waals surface area contributed by atoms with E-state index in [1.165, 1.54) is 0 Å². The van der Waals surface area contributed by atoms with Crippen LogP contribution >= 0.6 is 15.9 Å². The van der Waals surface area contributed by atoms with E-state index in [0.717, 1.165) is 0 Å². The molecule has 21 heavy (non-hydrogen) atoms. The Morgan fingerprint density at radius 3 is 2.67 bits per heavy atom. The zero-order chi connectivity index (χ0) is 15.4. The molecular weight excluding hydrogens is 338 g/mol. The number of anilines is 1. The van der Waals surface area contributed by atoms with Crippen molar-refractivity contribution in [3.63, 3.8) is 0 Å². The molecule has 2 amide bonds. The van der Waals surface area contributed by atoms with Crippen molar-refractivity contribution in [1.29, 1.82) is 0 Å². The van der Waals surface area contributed by atoms with Gasteiger partial charge in [-0.3, -0.25) is 9.59 Å². The highest BCUT2D eigenvalue weighted by Crippen LogP contribution is 2.15. The van der Waals surface area contributed by atoms with Crippen LogP contribution in [-0.2, 0) is 4.79 Å². The highest BCUT2D eigenvalue weighted by atomic mass is 79.9. The quantitative estimate of drug-likeness (QED) is 0.886. The second-order valence-corrected chi connectivity index (χ2v) is 5.34. The number of carbonyl (C=O) groups is 2. The van der Waals surface area contributed by atoms with Gasteiger partial charge in [0.05, 0.1) is 5.56 Å². The van der Waals surface area contributed by atoms with Gasteiger partial charge in [0.15, 0.2) is 5.82 Å². The van der Waals surface area contributed by atoms with Crippen LogP contribution in [0.3, 0.4) is 0 Å². The summed E-state index contributed by atoms with van der Waals surface area (Å²) in [6.45, 7) is 3.32. The van der Waals surface area contributed by atoms with E-state index in [0.29, 0.717) is 21.6 Å². The smallest absolute Gasteiger partial charge is 0.253 e. The van der Waals surface area contributed by atoms with Crippen LogP contribution in [0, 0.1) is 6.92 Å². The number of halogens is 1. The van der Waals surface area contributed by atoms with Gasteiger partial charge in [0, 0.05) is 10.5 Å². The molecule has 7 heteroatoms. The van der Waals surface area contributed by atoms with Crippen molar-refractivity contribution in [2.24, 2.45) is 0 Å². The summed E-state index contributed by atoms with van der Waals surface area (Å²) in [6, 6.07) is 7.89. The Labute approximate surface area is 130 Å². The molecule has 2 rings (SSSR count). The highest BCUT2D eigenvalue weighted by molar-refractivity contribution is 9.10. The minimum Gasteiger partial charge on any atom is -0.360 e. The SMILES string of the molecule is Cc1cc(NC(=O)[C@H](C)NC(=O)c2ccccc2Br)no1. The second-order valence-electron chi connectivity index (χ2n) is 4.49. The summed E-state index contributed by atoms with van der Waals surface area (Å²) >= 11 is 3.30. The summed E-state index contributed by atoms with van der Waals surface area (Å²) in [4.78, 5) is 24.0. The van der Waals surface area contributed by atoms with E-state index in [1.54, 1.807) is 38.1 Å². The van der Waals surface area contributed by atoms with Crippen LogP contribution in [0.1, 0.15) is 23.0 Å². The van der Waals surface area contributed by atoms with Gasteiger partial charge in [0.25, 0.3) is 5.91 Å². The van der Waals surface area contributed by atoms with Crippen LogP contribution in [0.15, 0.2) is 39.3 Å². The third-order valence-corrected chi connectivity index (χ3v) is 3.43. The maximum absolute atomic E-state index is 12.1. The van der Waals surface area contributed by atoms with Crippen molar-refractivity contribution in [2.45, 2.75) is 19.9 Å². The van der Waals surface area contributed by atoms with Gasteiger partial charge in [-0.25, -0.2) is 0 Å². The zero-order valence-electron chi connectivity index (χ0n) is 11.5. The Morgan fingerprint density at radius 1 is 1.33 bits per heavy atom. The number of aromatic nitrogens is 1. The molecule has 0 aliphatic rings. The number of benzene rings is 1. The van der Waals surface area contributed by atoms with Crippen molar-refractivity contribution in [3.05, 3.63) is 46.1 Å². The van der Waals surface area contributed by atoms with Crippen LogP contribution in [0.2, 0.25) is 0 Å². The Kier molecular flexibility index (Phi) is 4.74. The second kappa shape index (κ2) is 6.53. The lowest BCUT2D eigenvalue weighted by molar-refractivity contribution is -0.117. The molecule has 1 heterocycles. The first kappa shape index (κ1) is 15.2. The highest BCUT2D eigenvalue weighted by Gasteiger charge is 2.18. The Morgan fingerprint density at radius 2 is 2.05 bits per heavy atom. The van der Waals surface area contributed by atoms with E-state index in [-0.39, 0.29) is 11.8 Å². The topological polar surface area (TPSA) is 84.2 Å². The molecule has 0 saturated heterocycles. The summed E-state index contributed by atoms with van der Waals surface area (Å²) in [6.07, 6.45) is 0. The van der Waals surface area contributed by atoms with E-state index in [2.05, 4.69) is 31.7 Å². The molecule has 1 atom stereocenters. The van der Waals surface area contributed by atoms with Gasteiger partial charge >= 0.3 is 0 Å². The number of hydrogen-bond acceptors (Lipinski definition) is 4. The Hall–Kier alpha value is -2.15. The van der Waals surface area contributed by atoms with Crippen LogP contribution in [-0.4, -0.2) is 23.0 Å². The fourth-order valence-electron chi connectivity index (χ4n) is 1.65. The average Bonchev–Trinajstić information content (AvgIpc) is 2.84. The molecule has 0 aliphatic heterocycles. The maximum atomic E-state index is 12.1. The summed E-state index contributed by atoms with van der Waals surface area (Å²) in [7, 11) is 0. The first-order chi connectivity index (χ1) is 9.97. The standard InChI is InChI=1S/C14H14BrN3O3/c1-8-7-12(18-21-8)17-13(19)9(2)16-14(20)10-5-3-4-6-11(10)15/h3-7,9H,1-2H3,(H,16,20)(H,17,18,19)/t9-/m0/s1. The lowest BCUT2D eigenvalue weighted by Gasteiger charge is -2.13. The third kappa shape index (κ3) is 3.91. The number of nitrogens with zero attached hydrogens (tertiary/aromatic N) is 1. The van der Waals surface area contributed by atoms with Crippen LogP contribution in [0.4, 0.5) is 5.82 Å². The Bertz CT molecular complexity index is 669. The normalized spacial score (nSPS) is 11.8. The predicted octanol–water partition coefficient (Wildman–Crippen LogP) is 2.50. The number of amides is 2. The predicted molar refractivity (Wildman–Crippen MR) is 80.9 cm³/mol. The molecule has 0 saturated carbocycles. The number of aryl methyl sites for hydroxylation is 1. The van der Waals surface area contributed by atoms with Crippen LogP contribution < -0.4 is 10.6 Å². The van der Waals surface area contributed by atoms with Crippen molar-refractivity contribution in [3.8, 4) is 0 Å². The first-order valence-corrected chi connectivity index (χ1v) is 7.06. The fraction of sp³-hybridized carbons (Fsp3) is 0.214. The third-order valence-electron chi connectivity index (χ3n) is 2.74. The largest absolute Gasteiger partial charge is 0.360 e. The minimum absolute atomic E-state index is 0.319. The molecule has 0 bridgehead atoms. The van der Waals surface area contributed by atoms with Crippen molar-refractivity contribution in [1.82, 2.24) is 10.5 Å². The van der Waals surface area contributed by atoms with E-state index in [9.17, 15) is 9.59 Å². The molecule has 0 unspecified atom stereocenters. The first-order valence-electron chi connectivity index (χ1n) is 6.27. The fourth-order valence-corrected chi connectivity index (χ4v) is 2.11. The molecule has 0 spiro atoms. The van der Waals surface area contributed by atoms with Gasteiger partial charge in [-0.2, -0.15) is 0 Å². The lowest BCUT2D eigenvalue weighted by atomic mass is 10.2.